The van der Waals surface area contributed by atoms with E-state index in [0.717, 1.165) is 5.56 Å². The van der Waals surface area contributed by atoms with Crippen molar-refractivity contribution in [1.82, 2.24) is 9.21 Å². The van der Waals surface area contributed by atoms with Crippen LogP contribution in [0.25, 0.3) is 0 Å². The number of morpholine rings is 1. The Balaban J connectivity index is 1.63. The summed E-state index contributed by atoms with van der Waals surface area (Å²) < 4.78 is 31.9. The molecule has 2 saturated heterocycles. The molecule has 146 valence electrons. The van der Waals surface area contributed by atoms with Gasteiger partial charge < -0.3 is 14.9 Å². The van der Waals surface area contributed by atoms with E-state index >= 15 is 0 Å². The minimum absolute atomic E-state index is 0.294. The van der Waals surface area contributed by atoms with Gasteiger partial charge in [-0.2, -0.15) is 4.31 Å². The second kappa shape index (κ2) is 7.92. The van der Waals surface area contributed by atoms with Crippen LogP contribution in [0.3, 0.4) is 0 Å². The molecule has 0 unspecified atom stereocenters. The van der Waals surface area contributed by atoms with E-state index in [0.29, 0.717) is 63.7 Å². The highest BCUT2D eigenvalue weighted by Gasteiger charge is 2.38. The number of benzene rings is 1. The zero-order valence-corrected chi connectivity index (χ0v) is 16.0. The average Bonchev–Trinajstić information content (AvgIpc) is 2.66. The number of aliphatic hydroxyl groups is 2. The van der Waals surface area contributed by atoms with Crippen LogP contribution in [0.2, 0.25) is 0 Å². The second-order valence-electron chi connectivity index (χ2n) is 7.12. The van der Waals surface area contributed by atoms with Gasteiger partial charge in [0.05, 0.1) is 29.8 Å². The largest absolute Gasteiger partial charge is 0.389 e. The molecule has 0 amide bonds. The van der Waals surface area contributed by atoms with Gasteiger partial charge in [0.15, 0.2) is 0 Å². The van der Waals surface area contributed by atoms with Crippen molar-refractivity contribution >= 4 is 10.0 Å². The smallest absolute Gasteiger partial charge is 0.243 e. The Kier molecular flexibility index (Phi) is 6.01. The molecule has 8 heteroatoms. The molecule has 0 saturated carbocycles. The van der Waals surface area contributed by atoms with Crippen LogP contribution in [0.5, 0.6) is 0 Å². The predicted octanol–water partition coefficient (Wildman–Crippen LogP) is 0.415. The lowest BCUT2D eigenvalue weighted by Gasteiger charge is -2.41. The minimum Gasteiger partial charge on any atom is -0.389 e. The maximum absolute atomic E-state index is 12.6. The molecule has 0 spiro atoms. The van der Waals surface area contributed by atoms with E-state index in [1.165, 1.54) is 4.31 Å². The SMILES string of the molecule is CC[C@@]1(O)CCN(Cc2ccc(S(=O)(=O)N3CCOCC3)cc2)C[C@H]1O. The Morgan fingerprint density at radius 3 is 2.42 bits per heavy atom. The summed E-state index contributed by atoms with van der Waals surface area (Å²) in [5, 5.41) is 20.5. The van der Waals surface area contributed by atoms with Gasteiger partial charge in [-0.25, -0.2) is 8.42 Å². The summed E-state index contributed by atoms with van der Waals surface area (Å²) >= 11 is 0. The van der Waals surface area contributed by atoms with Crippen LogP contribution in [-0.4, -0.2) is 78.9 Å². The summed E-state index contributed by atoms with van der Waals surface area (Å²) in [6.45, 7) is 5.25. The third-order valence-corrected chi connectivity index (χ3v) is 7.37. The topological polar surface area (TPSA) is 90.3 Å². The van der Waals surface area contributed by atoms with Crippen LogP contribution in [0.1, 0.15) is 25.3 Å². The molecule has 3 rings (SSSR count). The predicted molar refractivity (Wildman–Crippen MR) is 97.2 cm³/mol. The minimum atomic E-state index is -3.47. The number of hydrogen-bond donors (Lipinski definition) is 2. The van der Waals surface area contributed by atoms with Crippen molar-refractivity contribution in [1.29, 1.82) is 0 Å². The van der Waals surface area contributed by atoms with Crippen molar-refractivity contribution < 1.29 is 23.4 Å². The van der Waals surface area contributed by atoms with Gasteiger partial charge in [0.25, 0.3) is 0 Å². The number of ether oxygens (including phenoxy) is 1. The van der Waals surface area contributed by atoms with Crippen LogP contribution in [0, 0.1) is 0 Å². The molecule has 0 aromatic heterocycles. The molecule has 0 aliphatic carbocycles. The standard InChI is InChI=1S/C18H28N2O5S/c1-2-18(22)7-8-19(14-17(18)21)13-15-3-5-16(6-4-15)26(23,24)20-9-11-25-12-10-20/h3-6,17,21-22H,2,7-14H2,1H3/t17-,18-/m1/s1. The fraction of sp³-hybridized carbons (Fsp3) is 0.667. The molecule has 2 aliphatic rings. The highest BCUT2D eigenvalue weighted by molar-refractivity contribution is 7.89. The number of aliphatic hydroxyl groups excluding tert-OH is 1. The van der Waals surface area contributed by atoms with Gasteiger partial charge in [0.1, 0.15) is 0 Å². The highest BCUT2D eigenvalue weighted by atomic mass is 32.2. The Labute approximate surface area is 155 Å². The van der Waals surface area contributed by atoms with Gasteiger partial charge in [-0.05, 0) is 30.5 Å². The third-order valence-electron chi connectivity index (χ3n) is 5.46. The normalized spacial score (nSPS) is 29.0. The quantitative estimate of drug-likeness (QED) is 0.765. The van der Waals surface area contributed by atoms with E-state index < -0.39 is 21.7 Å². The molecule has 26 heavy (non-hydrogen) atoms. The maximum Gasteiger partial charge on any atom is 0.243 e. The molecular formula is C18H28N2O5S. The lowest BCUT2D eigenvalue weighted by atomic mass is 9.86. The van der Waals surface area contributed by atoms with Crippen LogP contribution < -0.4 is 0 Å². The van der Waals surface area contributed by atoms with Crippen LogP contribution in [-0.2, 0) is 21.3 Å². The van der Waals surface area contributed by atoms with Crippen molar-refractivity contribution in [2.75, 3.05) is 39.4 Å². The summed E-state index contributed by atoms with van der Waals surface area (Å²) in [5.41, 5.74) is -0.00729. The van der Waals surface area contributed by atoms with Crippen LogP contribution >= 0.6 is 0 Å². The second-order valence-corrected chi connectivity index (χ2v) is 9.06. The van der Waals surface area contributed by atoms with Gasteiger partial charge in [-0.1, -0.05) is 19.1 Å². The zero-order chi connectivity index (χ0) is 18.8. The average molecular weight is 384 g/mol. The van der Waals surface area contributed by atoms with Crippen molar-refractivity contribution in [3.8, 4) is 0 Å². The first-order chi connectivity index (χ1) is 12.3. The monoisotopic (exact) mass is 384 g/mol. The summed E-state index contributed by atoms with van der Waals surface area (Å²) in [4.78, 5) is 2.38. The Bertz CT molecular complexity index is 703. The summed E-state index contributed by atoms with van der Waals surface area (Å²) in [6, 6.07) is 6.92. The Hall–Kier alpha value is -1.03. The van der Waals surface area contributed by atoms with Gasteiger partial charge >= 0.3 is 0 Å². The molecule has 1 aromatic rings. The van der Waals surface area contributed by atoms with Crippen molar-refractivity contribution in [2.45, 2.75) is 42.9 Å². The zero-order valence-electron chi connectivity index (χ0n) is 15.2. The molecule has 7 nitrogen and oxygen atoms in total. The van der Waals surface area contributed by atoms with Crippen molar-refractivity contribution in [3.05, 3.63) is 29.8 Å². The number of rotatable bonds is 5. The van der Waals surface area contributed by atoms with Gasteiger partial charge in [0, 0.05) is 32.7 Å². The molecule has 2 fully saturated rings. The number of likely N-dealkylation sites (tertiary alicyclic amines) is 1. The summed E-state index contributed by atoms with van der Waals surface area (Å²) in [6.07, 6.45) is 0.312. The summed E-state index contributed by atoms with van der Waals surface area (Å²) in [7, 11) is -3.47. The van der Waals surface area contributed by atoms with Crippen molar-refractivity contribution in [3.63, 3.8) is 0 Å². The van der Waals surface area contributed by atoms with Gasteiger partial charge in [0.2, 0.25) is 10.0 Å². The highest BCUT2D eigenvalue weighted by Crippen LogP contribution is 2.27. The molecule has 1 aromatic carbocycles. The molecule has 2 N–H and O–H groups in total. The lowest BCUT2D eigenvalue weighted by molar-refractivity contribution is -0.121. The molecule has 2 heterocycles. The van der Waals surface area contributed by atoms with Crippen molar-refractivity contribution in [2.24, 2.45) is 0 Å². The fourth-order valence-corrected chi connectivity index (χ4v) is 4.95. The van der Waals surface area contributed by atoms with E-state index in [1.807, 2.05) is 19.1 Å². The molecular weight excluding hydrogens is 356 g/mol. The van der Waals surface area contributed by atoms with E-state index in [4.69, 9.17) is 4.74 Å². The number of piperidine rings is 1. The first kappa shape index (κ1) is 19.7. The molecule has 2 aliphatic heterocycles. The first-order valence-electron chi connectivity index (χ1n) is 9.15. The Morgan fingerprint density at radius 2 is 1.85 bits per heavy atom. The summed E-state index contributed by atoms with van der Waals surface area (Å²) in [5.74, 6) is 0. The molecule has 0 radical (unpaired) electrons. The maximum atomic E-state index is 12.6. The van der Waals surface area contributed by atoms with Gasteiger partial charge in [-0.3, -0.25) is 4.90 Å². The Morgan fingerprint density at radius 1 is 1.19 bits per heavy atom. The van der Waals surface area contributed by atoms with E-state index in [-0.39, 0.29) is 0 Å². The molecule has 2 atom stereocenters. The lowest BCUT2D eigenvalue weighted by Crippen LogP contribution is -2.54. The number of hydrogen-bond acceptors (Lipinski definition) is 6. The third kappa shape index (κ3) is 4.11. The van der Waals surface area contributed by atoms with E-state index in [1.54, 1.807) is 12.1 Å². The number of sulfonamides is 1. The fourth-order valence-electron chi connectivity index (χ4n) is 3.54. The first-order valence-corrected chi connectivity index (χ1v) is 10.6. The van der Waals surface area contributed by atoms with E-state index in [9.17, 15) is 18.6 Å². The number of nitrogens with zero attached hydrogens (tertiary/aromatic N) is 2. The van der Waals surface area contributed by atoms with Crippen LogP contribution in [0.4, 0.5) is 0 Å². The molecule has 0 bridgehead atoms. The van der Waals surface area contributed by atoms with Crippen LogP contribution in [0.15, 0.2) is 29.2 Å². The van der Waals surface area contributed by atoms with Gasteiger partial charge in [-0.15, -0.1) is 0 Å². The van der Waals surface area contributed by atoms with E-state index in [2.05, 4.69) is 4.90 Å². The number of β-amino-alcohol motifs (C(OH)–C–C–N with tert-alkyl or cyclic N) is 1.